The molecule has 26 heteroatoms. The van der Waals surface area contributed by atoms with Gasteiger partial charge in [0.1, 0.15) is 54.4 Å². The number of aliphatic carboxylic acids is 2. The normalized spacial score (nSPS) is 19.0. The molecule has 2 aliphatic heterocycles. The van der Waals surface area contributed by atoms with Crippen LogP contribution in [0.2, 0.25) is 0 Å². The number of carboxylic acids is 2. The van der Waals surface area contributed by atoms with Gasteiger partial charge in [-0.05, 0) is 68.8 Å². The molecule has 2 saturated heterocycles. The number of aliphatic hydroxyl groups excluding tert-OH is 1. The van der Waals surface area contributed by atoms with E-state index in [0.29, 0.717) is 31.2 Å². The molecule has 2 heterocycles. The van der Waals surface area contributed by atoms with Gasteiger partial charge in [-0.1, -0.05) is 84.7 Å². The summed E-state index contributed by atoms with van der Waals surface area (Å²) in [5, 5.41) is 47.2. The predicted octanol–water partition coefficient (Wildman–Crippen LogP) is -2.09. The molecule has 26 nitrogen and oxygen atoms in total. The minimum Gasteiger partial charge on any atom is -0.481 e. The quantitative estimate of drug-likeness (QED) is 0.0379. The van der Waals surface area contributed by atoms with Crippen molar-refractivity contribution in [3.8, 4) is 0 Å². The van der Waals surface area contributed by atoms with Crippen molar-refractivity contribution in [3.63, 3.8) is 0 Å². The Labute approximate surface area is 454 Å². The molecule has 12 atom stereocenters. The Bertz CT molecular complexity index is 2300. The highest BCUT2D eigenvalue weighted by atomic mass is 16.4. The number of hydrogen-bond acceptors (Lipinski definition) is 14. The van der Waals surface area contributed by atoms with Gasteiger partial charge in [-0.25, -0.2) is 4.79 Å². The second kappa shape index (κ2) is 31.2. The number of rotatable bonds is 31. The molecule has 0 bridgehead atoms. The number of likely N-dealkylation sites (tertiary alicyclic amines) is 2. The van der Waals surface area contributed by atoms with Gasteiger partial charge in [-0.2, -0.15) is 0 Å². The molecule has 434 valence electrons. The number of hydrogen-bond donors (Lipinski definition) is 12. The lowest BCUT2D eigenvalue weighted by Gasteiger charge is -2.34. The zero-order valence-corrected chi connectivity index (χ0v) is 45.6. The summed E-state index contributed by atoms with van der Waals surface area (Å²) in [4.78, 5) is 163. The van der Waals surface area contributed by atoms with E-state index in [4.69, 9.17) is 11.5 Å². The number of nitrogens with zero attached hydrogens (tertiary/aromatic N) is 2. The Morgan fingerprint density at radius 1 is 0.615 bits per heavy atom. The molecule has 3 rings (SSSR count). The van der Waals surface area contributed by atoms with E-state index in [0.717, 1.165) is 0 Å². The van der Waals surface area contributed by atoms with Crippen LogP contribution in [0.3, 0.4) is 0 Å². The molecule has 0 spiro atoms. The number of amides is 10. The van der Waals surface area contributed by atoms with Gasteiger partial charge in [0.15, 0.2) is 0 Å². The van der Waals surface area contributed by atoms with Gasteiger partial charge in [0.2, 0.25) is 59.1 Å². The van der Waals surface area contributed by atoms with Crippen LogP contribution < -0.4 is 48.7 Å². The van der Waals surface area contributed by atoms with Crippen LogP contribution in [0.15, 0.2) is 30.3 Å². The number of nitrogens with one attached hydrogen (secondary N) is 7. The van der Waals surface area contributed by atoms with Gasteiger partial charge in [-0.15, -0.1) is 0 Å². The molecule has 1 aromatic rings. The Balaban J connectivity index is 1.79. The molecule has 1 aromatic carbocycles. The molecule has 0 aromatic heterocycles. The van der Waals surface area contributed by atoms with Crippen LogP contribution in [0.25, 0.3) is 0 Å². The van der Waals surface area contributed by atoms with Crippen molar-refractivity contribution in [2.45, 2.75) is 180 Å². The Morgan fingerprint density at radius 3 is 1.63 bits per heavy atom. The molecule has 2 aliphatic rings. The number of primary amides is 1. The van der Waals surface area contributed by atoms with Crippen LogP contribution in [0.4, 0.5) is 0 Å². The third-order valence-electron chi connectivity index (χ3n) is 14.0. The summed E-state index contributed by atoms with van der Waals surface area (Å²) in [5.74, 6) is -12.3. The first-order chi connectivity index (χ1) is 36.7. The maximum absolute atomic E-state index is 14.5. The van der Waals surface area contributed by atoms with Crippen molar-refractivity contribution in [2.75, 3.05) is 19.7 Å². The maximum Gasteiger partial charge on any atom is 0.326 e. The van der Waals surface area contributed by atoms with E-state index in [2.05, 4.69) is 37.2 Å². The fraction of sp³-hybridized carbons (Fsp3) is 0.654. The minimum absolute atomic E-state index is 0.0287. The van der Waals surface area contributed by atoms with Crippen LogP contribution in [0.5, 0.6) is 0 Å². The average Bonchev–Trinajstić information content (AvgIpc) is 4.10. The molecule has 10 amide bonds. The maximum atomic E-state index is 14.5. The van der Waals surface area contributed by atoms with Crippen LogP contribution in [0, 0.1) is 17.8 Å². The molecule has 14 N–H and O–H groups in total. The summed E-state index contributed by atoms with van der Waals surface area (Å²) in [6.45, 7) is 10.9. The van der Waals surface area contributed by atoms with Crippen LogP contribution in [-0.2, 0) is 64.0 Å². The summed E-state index contributed by atoms with van der Waals surface area (Å²) in [5.41, 5.74) is 11.8. The van der Waals surface area contributed by atoms with Gasteiger partial charge in [0.05, 0.1) is 19.1 Å². The number of carboxylic acid groups (broad SMARTS) is 2. The van der Waals surface area contributed by atoms with E-state index < -0.39 is 169 Å². The lowest BCUT2D eigenvalue weighted by molar-refractivity contribution is -0.148. The first-order valence-corrected chi connectivity index (χ1v) is 26.6. The number of carbonyl (C=O) groups is 12. The molecule has 0 unspecified atom stereocenters. The summed E-state index contributed by atoms with van der Waals surface area (Å²) >= 11 is 0. The largest absolute Gasteiger partial charge is 0.481 e. The standard InChI is InChI=1S/C52H81N11O15/c1-8-28(5)41(60-43(68)30(7)53)48(73)55-32(19-20-40(66)67)44(69)59-36(26-64)46(71)57-34(23-27(3)4)50(75)63-22-14-18-38(63)51(76)62-21-13-17-37(62)47(72)56-33(25-39(54)65)45(70)61-42(29(6)9-2)49(74)58-35(52(77)78)24-31-15-11-10-12-16-31/h10-12,15-16,27-30,32-38,41-42,64H,8-9,13-14,17-26,53H2,1-7H3,(H2,54,65)(H,55,73)(H,56,72)(H,57,71)(H,58,74)(H,59,69)(H,60,68)(H,61,70)(H,66,67)(H,77,78)/t28-,29-,30-,32-,33-,34-,35-,36-,37-,38-,41-,42-/m0/s1. The second-order valence-corrected chi connectivity index (χ2v) is 20.7. The molecule has 0 radical (unpaired) electrons. The predicted molar refractivity (Wildman–Crippen MR) is 281 cm³/mol. The first-order valence-electron chi connectivity index (χ1n) is 26.6. The lowest BCUT2D eigenvalue weighted by Crippen LogP contribution is -2.61. The fourth-order valence-electron chi connectivity index (χ4n) is 9.14. The zero-order valence-electron chi connectivity index (χ0n) is 45.6. The molecular formula is C52H81N11O15. The molecule has 0 aliphatic carbocycles. The Kier molecular flexibility index (Phi) is 26.1. The van der Waals surface area contributed by atoms with Gasteiger partial charge < -0.3 is 73.8 Å². The summed E-state index contributed by atoms with van der Waals surface area (Å²) in [6, 6.07) is -4.76. The van der Waals surface area contributed by atoms with Gasteiger partial charge >= 0.3 is 11.9 Å². The molecule has 2 fully saturated rings. The Morgan fingerprint density at radius 2 is 1.12 bits per heavy atom. The second-order valence-electron chi connectivity index (χ2n) is 20.7. The number of nitrogens with two attached hydrogens (primary N) is 2. The van der Waals surface area contributed by atoms with E-state index in [-0.39, 0.29) is 44.7 Å². The van der Waals surface area contributed by atoms with Crippen molar-refractivity contribution in [1.82, 2.24) is 47.0 Å². The van der Waals surface area contributed by atoms with E-state index in [1.165, 1.54) is 16.7 Å². The van der Waals surface area contributed by atoms with Gasteiger partial charge in [0, 0.05) is 25.9 Å². The molecule has 0 saturated carbocycles. The first kappa shape index (κ1) is 65.1. The van der Waals surface area contributed by atoms with Crippen molar-refractivity contribution in [1.29, 1.82) is 0 Å². The van der Waals surface area contributed by atoms with Crippen LogP contribution in [0.1, 0.15) is 118 Å². The highest BCUT2D eigenvalue weighted by Gasteiger charge is 2.45. The van der Waals surface area contributed by atoms with E-state index in [1.807, 2.05) is 0 Å². The van der Waals surface area contributed by atoms with E-state index >= 15 is 0 Å². The SMILES string of the molecule is CC[C@H](C)[C@H](NC(=O)[C@H](C)N)C(=O)N[C@@H](CCC(=O)O)C(=O)N[C@@H](CO)C(=O)N[C@@H](CC(C)C)C(=O)N1CCC[C@H]1C(=O)N1CCC[C@H]1C(=O)N[C@@H](CC(N)=O)C(=O)N[C@H](C(=O)N[C@@H](Cc1ccccc1)C(=O)O)[C@@H](C)CC. The van der Waals surface area contributed by atoms with Crippen molar-refractivity contribution >= 4 is 71.0 Å². The van der Waals surface area contributed by atoms with Crippen LogP contribution >= 0.6 is 0 Å². The Hall–Kier alpha value is -7.22. The highest BCUT2D eigenvalue weighted by molar-refractivity contribution is 6.00. The topological polar surface area (TPSA) is 408 Å². The smallest absolute Gasteiger partial charge is 0.326 e. The van der Waals surface area contributed by atoms with Crippen LogP contribution in [-0.4, -0.2) is 176 Å². The third-order valence-corrected chi connectivity index (χ3v) is 14.0. The fourth-order valence-corrected chi connectivity index (χ4v) is 9.14. The van der Waals surface area contributed by atoms with Gasteiger partial charge in [-0.3, -0.25) is 52.7 Å². The zero-order chi connectivity index (χ0) is 58.6. The van der Waals surface area contributed by atoms with Crippen molar-refractivity contribution in [2.24, 2.45) is 29.2 Å². The molecule has 78 heavy (non-hydrogen) atoms. The number of benzene rings is 1. The summed E-state index contributed by atoms with van der Waals surface area (Å²) in [7, 11) is 0. The van der Waals surface area contributed by atoms with Crippen molar-refractivity contribution < 1.29 is 72.9 Å². The highest BCUT2D eigenvalue weighted by Crippen LogP contribution is 2.27. The van der Waals surface area contributed by atoms with Gasteiger partial charge in [0.25, 0.3) is 0 Å². The minimum atomic E-state index is -1.72. The van der Waals surface area contributed by atoms with Crippen molar-refractivity contribution in [3.05, 3.63) is 35.9 Å². The molecular weight excluding hydrogens is 1020 g/mol. The summed E-state index contributed by atoms with van der Waals surface area (Å²) in [6.07, 6.45) is -0.0178. The summed E-state index contributed by atoms with van der Waals surface area (Å²) < 4.78 is 0. The number of carbonyl (C=O) groups excluding carboxylic acids is 10. The van der Waals surface area contributed by atoms with E-state index in [1.54, 1.807) is 71.9 Å². The lowest BCUT2D eigenvalue weighted by atomic mass is 9.96. The third kappa shape index (κ3) is 19.4. The average molecular weight is 1100 g/mol. The number of aliphatic hydroxyl groups is 1. The monoisotopic (exact) mass is 1100 g/mol. The van der Waals surface area contributed by atoms with E-state index in [9.17, 15) is 72.9 Å².